The highest BCUT2D eigenvalue weighted by molar-refractivity contribution is 7.09. The second kappa shape index (κ2) is 8.43. The van der Waals surface area contributed by atoms with Gasteiger partial charge in [0.1, 0.15) is 5.69 Å². The Labute approximate surface area is 171 Å². The number of amides is 2. The van der Waals surface area contributed by atoms with Crippen molar-refractivity contribution in [1.29, 1.82) is 0 Å². The Morgan fingerprint density at radius 1 is 1.04 bits per heavy atom. The highest BCUT2D eigenvalue weighted by Crippen LogP contribution is 2.22. The minimum absolute atomic E-state index is 0.0320. The average molecular weight is 400 g/mol. The topological polar surface area (TPSA) is 53.5 Å². The molecule has 1 aliphatic rings. The maximum atomic E-state index is 12.6. The van der Waals surface area contributed by atoms with Gasteiger partial charge in [-0.3, -0.25) is 9.59 Å². The van der Waals surface area contributed by atoms with Crippen molar-refractivity contribution in [3.05, 3.63) is 51.5 Å². The lowest BCUT2D eigenvalue weighted by Crippen LogP contribution is -2.50. The summed E-state index contributed by atoms with van der Waals surface area (Å²) >= 11 is 1.49. The summed E-state index contributed by atoms with van der Waals surface area (Å²) in [5.41, 5.74) is 3.15. The molecule has 1 aromatic heterocycles. The van der Waals surface area contributed by atoms with Crippen LogP contribution in [0.5, 0.6) is 0 Å². The molecule has 2 aromatic rings. The molecule has 5 nitrogen and oxygen atoms in total. The first kappa shape index (κ1) is 20.5. The Balaban J connectivity index is 1.47. The van der Waals surface area contributed by atoms with Gasteiger partial charge in [0.05, 0.1) is 5.01 Å². The van der Waals surface area contributed by atoms with Crippen LogP contribution >= 0.6 is 11.3 Å². The van der Waals surface area contributed by atoms with Crippen LogP contribution < -0.4 is 0 Å². The van der Waals surface area contributed by atoms with Crippen LogP contribution in [-0.2, 0) is 16.6 Å². The zero-order valence-electron chi connectivity index (χ0n) is 17.2. The van der Waals surface area contributed by atoms with E-state index in [4.69, 9.17) is 0 Å². The number of aryl methyl sites for hydroxylation is 2. The molecule has 3 rings (SSSR count). The van der Waals surface area contributed by atoms with Crippen molar-refractivity contribution in [2.24, 2.45) is 0 Å². The molecule has 2 heterocycles. The van der Waals surface area contributed by atoms with Crippen LogP contribution in [0.3, 0.4) is 0 Å². The molecule has 6 heteroatoms. The number of carbonyl (C=O) groups is 2. The molecular formula is C22H29N3O2S. The fourth-order valence-electron chi connectivity index (χ4n) is 3.36. The van der Waals surface area contributed by atoms with E-state index < -0.39 is 0 Å². The van der Waals surface area contributed by atoms with Crippen LogP contribution in [0, 0.1) is 6.92 Å². The molecule has 0 radical (unpaired) electrons. The molecule has 28 heavy (non-hydrogen) atoms. The molecule has 1 aromatic carbocycles. The maximum absolute atomic E-state index is 12.6. The van der Waals surface area contributed by atoms with Gasteiger partial charge in [-0.05, 0) is 29.9 Å². The predicted molar refractivity (Wildman–Crippen MR) is 113 cm³/mol. The minimum Gasteiger partial charge on any atom is -0.339 e. The van der Waals surface area contributed by atoms with E-state index in [9.17, 15) is 9.59 Å². The fourth-order valence-corrected chi connectivity index (χ4v) is 3.95. The van der Waals surface area contributed by atoms with E-state index in [-0.39, 0.29) is 17.2 Å². The van der Waals surface area contributed by atoms with Crippen LogP contribution in [0.2, 0.25) is 0 Å². The number of thiazole rings is 1. The van der Waals surface area contributed by atoms with Crippen molar-refractivity contribution < 1.29 is 9.59 Å². The van der Waals surface area contributed by atoms with Gasteiger partial charge in [0.2, 0.25) is 5.91 Å². The van der Waals surface area contributed by atoms with Crippen LogP contribution in [-0.4, -0.2) is 52.8 Å². The van der Waals surface area contributed by atoms with Crippen molar-refractivity contribution in [3.8, 4) is 0 Å². The second-order valence-corrected chi connectivity index (χ2v) is 9.43. The van der Waals surface area contributed by atoms with Crippen molar-refractivity contribution in [2.45, 2.75) is 46.0 Å². The third kappa shape index (κ3) is 4.98. The summed E-state index contributed by atoms with van der Waals surface area (Å²) in [5.74, 6) is 0.131. The monoisotopic (exact) mass is 399 g/mol. The van der Waals surface area contributed by atoms with Gasteiger partial charge in [0.25, 0.3) is 5.91 Å². The summed E-state index contributed by atoms with van der Waals surface area (Å²) in [5, 5.41) is 2.70. The third-order valence-corrected chi connectivity index (χ3v) is 5.98. The first-order valence-corrected chi connectivity index (χ1v) is 10.7. The zero-order chi connectivity index (χ0) is 20.3. The predicted octanol–water partition coefficient (Wildman–Crippen LogP) is 3.67. The van der Waals surface area contributed by atoms with Crippen LogP contribution in [0.1, 0.15) is 53.8 Å². The molecule has 1 fully saturated rings. The van der Waals surface area contributed by atoms with Gasteiger partial charge in [0.15, 0.2) is 0 Å². The molecule has 0 saturated carbocycles. The lowest BCUT2D eigenvalue weighted by Gasteiger charge is -2.34. The van der Waals surface area contributed by atoms with E-state index in [1.807, 2.05) is 11.8 Å². The van der Waals surface area contributed by atoms with Crippen LogP contribution in [0.25, 0.3) is 0 Å². The van der Waals surface area contributed by atoms with Gasteiger partial charge in [-0.25, -0.2) is 4.98 Å². The van der Waals surface area contributed by atoms with E-state index in [0.29, 0.717) is 38.3 Å². The molecular weight excluding hydrogens is 370 g/mol. The number of piperazine rings is 1. The maximum Gasteiger partial charge on any atom is 0.273 e. The van der Waals surface area contributed by atoms with Gasteiger partial charge < -0.3 is 9.80 Å². The Bertz CT molecular complexity index is 828. The van der Waals surface area contributed by atoms with E-state index in [2.05, 4.69) is 50.0 Å². The smallest absolute Gasteiger partial charge is 0.273 e. The zero-order valence-corrected chi connectivity index (χ0v) is 18.0. The molecule has 1 aliphatic heterocycles. The van der Waals surface area contributed by atoms with E-state index in [1.165, 1.54) is 22.5 Å². The quantitative estimate of drug-likeness (QED) is 0.788. The molecule has 2 amide bonds. The minimum atomic E-state index is -0.0320. The Morgan fingerprint density at radius 2 is 1.64 bits per heavy atom. The molecule has 0 atom stereocenters. The summed E-state index contributed by atoms with van der Waals surface area (Å²) in [4.78, 5) is 33.0. The van der Waals surface area contributed by atoms with E-state index in [0.717, 1.165) is 11.4 Å². The van der Waals surface area contributed by atoms with Gasteiger partial charge in [-0.1, -0.05) is 45.0 Å². The number of benzene rings is 1. The SMILES string of the molecule is Cc1nc(C(=O)N2CCN(C(=O)CCc3ccc(C(C)(C)C)cc3)CC2)cs1. The van der Waals surface area contributed by atoms with Crippen LogP contribution in [0.15, 0.2) is 29.6 Å². The second-order valence-electron chi connectivity index (χ2n) is 8.37. The van der Waals surface area contributed by atoms with Crippen molar-refractivity contribution in [3.63, 3.8) is 0 Å². The third-order valence-electron chi connectivity index (χ3n) is 5.21. The van der Waals surface area contributed by atoms with E-state index >= 15 is 0 Å². The average Bonchev–Trinajstić information content (AvgIpc) is 3.11. The number of nitrogens with zero attached hydrogens (tertiary/aromatic N) is 3. The van der Waals surface area contributed by atoms with E-state index in [1.54, 1.807) is 10.3 Å². The lowest BCUT2D eigenvalue weighted by atomic mass is 9.86. The molecule has 0 N–H and O–H groups in total. The number of carbonyl (C=O) groups excluding carboxylic acids is 2. The standard InChI is InChI=1S/C22H29N3O2S/c1-16-23-19(15-28-16)21(27)25-13-11-24(12-14-25)20(26)10-7-17-5-8-18(9-6-17)22(2,3)4/h5-6,8-9,15H,7,10-14H2,1-4H3. The number of aromatic nitrogens is 1. The molecule has 0 spiro atoms. The number of hydrogen-bond acceptors (Lipinski definition) is 4. The lowest BCUT2D eigenvalue weighted by molar-refractivity contribution is -0.132. The van der Waals surface area contributed by atoms with Crippen molar-refractivity contribution >= 4 is 23.2 Å². The van der Waals surface area contributed by atoms with Gasteiger partial charge in [-0.2, -0.15) is 0 Å². The highest BCUT2D eigenvalue weighted by atomic mass is 32.1. The number of rotatable bonds is 4. The summed E-state index contributed by atoms with van der Waals surface area (Å²) in [6, 6.07) is 8.56. The molecule has 0 aliphatic carbocycles. The first-order valence-electron chi connectivity index (χ1n) is 9.82. The molecule has 0 unspecified atom stereocenters. The van der Waals surface area contributed by atoms with Gasteiger partial charge in [0, 0.05) is 38.0 Å². The Kier molecular flexibility index (Phi) is 6.18. The summed E-state index contributed by atoms with van der Waals surface area (Å²) < 4.78 is 0. The van der Waals surface area contributed by atoms with Crippen LogP contribution in [0.4, 0.5) is 0 Å². The van der Waals surface area contributed by atoms with Gasteiger partial charge in [-0.15, -0.1) is 11.3 Å². The molecule has 0 bridgehead atoms. The first-order chi connectivity index (χ1) is 13.2. The van der Waals surface area contributed by atoms with Gasteiger partial charge >= 0.3 is 0 Å². The van der Waals surface area contributed by atoms with Crippen molar-refractivity contribution in [1.82, 2.24) is 14.8 Å². The summed E-state index contributed by atoms with van der Waals surface area (Å²) in [6.07, 6.45) is 1.26. The largest absolute Gasteiger partial charge is 0.339 e. The highest BCUT2D eigenvalue weighted by Gasteiger charge is 2.25. The molecule has 150 valence electrons. The summed E-state index contributed by atoms with van der Waals surface area (Å²) in [7, 11) is 0. The summed E-state index contributed by atoms with van der Waals surface area (Å²) in [6.45, 7) is 10.8. The number of hydrogen-bond donors (Lipinski definition) is 0. The molecule has 1 saturated heterocycles. The van der Waals surface area contributed by atoms with Crippen molar-refractivity contribution in [2.75, 3.05) is 26.2 Å². The fraction of sp³-hybridized carbons (Fsp3) is 0.500. The Hall–Kier alpha value is -2.21. The Morgan fingerprint density at radius 3 is 2.18 bits per heavy atom. The normalized spacial score (nSPS) is 15.0.